The second kappa shape index (κ2) is 18.7. The van der Waals surface area contributed by atoms with E-state index in [1.165, 1.54) is 6.42 Å². The van der Waals surface area contributed by atoms with Gasteiger partial charge in [-0.2, -0.15) is 0 Å². The van der Waals surface area contributed by atoms with Crippen LogP contribution in [0.3, 0.4) is 0 Å². The first kappa shape index (κ1) is 37.9. The van der Waals surface area contributed by atoms with Crippen LogP contribution in [0.1, 0.15) is 90.2 Å². The zero-order valence-corrected chi connectivity index (χ0v) is 29.6. The van der Waals surface area contributed by atoms with Crippen LogP contribution in [0.5, 0.6) is 5.75 Å². The highest BCUT2D eigenvalue weighted by Crippen LogP contribution is 2.29. The maximum absolute atomic E-state index is 14.0. The summed E-state index contributed by atoms with van der Waals surface area (Å²) in [5.41, 5.74) is 1.79. The van der Waals surface area contributed by atoms with E-state index in [-0.39, 0.29) is 30.6 Å². The van der Waals surface area contributed by atoms with Crippen LogP contribution in [0.25, 0.3) is 0 Å². The molecule has 1 aliphatic carbocycles. The van der Waals surface area contributed by atoms with Gasteiger partial charge in [-0.3, -0.25) is 19.2 Å². The number of amides is 4. The number of benzene rings is 2. The molecule has 10 heteroatoms. The highest BCUT2D eigenvalue weighted by Gasteiger charge is 2.35. The molecule has 49 heavy (non-hydrogen) atoms. The molecule has 1 heterocycles. The molecule has 2 aromatic carbocycles. The Labute approximate surface area is 291 Å². The molecule has 1 saturated carbocycles. The van der Waals surface area contributed by atoms with Crippen molar-refractivity contribution in [1.82, 2.24) is 21.3 Å². The number of carbonyl (C=O) groups is 4. The molecule has 0 saturated heterocycles. The van der Waals surface area contributed by atoms with E-state index in [2.05, 4.69) is 21.3 Å². The molecule has 1 aliphatic heterocycles. The van der Waals surface area contributed by atoms with Crippen LogP contribution in [0.15, 0.2) is 54.6 Å². The van der Waals surface area contributed by atoms with E-state index in [9.17, 15) is 24.3 Å². The maximum atomic E-state index is 14.0. The van der Waals surface area contributed by atoms with Gasteiger partial charge in [-0.15, -0.1) is 0 Å². The van der Waals surface area contributed by atoms with Crippen LogP contribution < -0.4 is 26.0 Å². The Morgan fingerprint density at radius 1 is 0.816 bits per heavy atom. The molecule has 2 aromatic rings. The monoisotopic (exact) mass is 676 g/mol. The van der Waals surface area contributed by atoms with E-state index in [1.54, 1.807) is 0 Å². The fourth-order valence-electron chi connectivity index (χ4n) is 6.73. The van der Waals surface area contributed by atoms with Crippen molar-refractivity contribution in [1.29, 1.82) is 0 Å². The van der Waals surface area contributed by atoms with Crippen LogP contribution in [-0.4, -0.2) is 65.6 Å². The summed E-state index contributed by atoms with van der Waals surface area (Å²) in [6.45, 7) is 8.46. The van der Waals surface area contributed by atoms with Gasteiger partial charge in [-0.05, 0) is 47.8 Å². The lowest BCUT2D eigenvalue weighted by atomic mass is 9.83. The number of aliphatic hydroxyl groups excluding tert-OH is 1. The average molecular weight is 677 g/mol. The minimum absolute atomic E-state index is 0.0622. The fraction of sp³-hybridized carbons (Fsp3) is 0.590. The van der Waals surface area contributed by atoms with Gasteiger partial charge in [-0.1, -0.05) is 108 Å². The van der Waals surface area contributed by atoms with Crippen molar-refractivity contribution in [3.05, 3.63) is 65.7 Å². The van der Waals surface area contributed by atoms with Gasteiger partial charge in [-0.25, -0.2) is 0 Å². The normalized spacial score (nSPS) is 18.5. The minimum atomic E-state index is -1.07. The third kappa shape index (κ3) is 12.2. The van der Waals surface area contributed by atoms with E-state index in [4.69, 9.17) is 4.74 Å². The smallest absolute Gasteiger partial charge is 0.262 e. The number of fused-ring (bicyclic) bond motifs is 1. The van der Waals surface area contributed by atoms with Gasteiger partial charge in [0.2, 0.25) is 17.7 Å². The van der Waals surface area contributed by atoms with Crippen LogP contribution >= 0.6 is 0 Å². The van der Waals surface area contributed by atoms with Crippen LogP contribution in [-0.2, 0) is 32.0 Å². The Balaban J connectivity index is 1.48. The number of carbonyl (C=O) groups excluding carboxylic acids is 4. The number of para-hydroxylation sites is 1. The maximum Gasteiger partial charge on any atom is 0.262 e. The van der Waals surface area contributed by atoms with Crippen molar-refractivity contribution in [3.63, 3.8) is 0 Å². The Morgan fingerprint density at radius 2 is 1.49 bits per heavy atom. The third-order valence-corrected chi connectivity index (χ3v) is 9.40. The van der Waals surface area contributed by atoms with Gasteiger partial charge in [0, 0.05) is 19.4 Å². The molecule has 5 N–H and O–H groups in total. The number of rotatable bonds is 17. The van der Waals surface area contributed by atoms with Gasteiger partial charge in [0.25, 0.3) is 5.91 Å². The molecular weight excluding hydrogens is 620 g/mol. The van der Waals surface area contributed by atoms with Crippen molar-refractivity contribution in [2.45, 2.75) is 122 Å². The lowest BCUT2D eigenvalue weighted by Gasteiger charge is -2.32. The summed E-state index contributed by atoms with van der Waals surface area (Å²) in [6.07, 6.45) is 5.00. The summed E-state index contributed by atoms with van der Waals surface area (Å²) in [5.74, 6) is -0.227. The Bertz CT molecular complexity index is 1350. The number of hydrogen-bond donors (Lipinski definition) is 5. The fourth-order valence-corrected chi connectivity index (χ4v) is 6.73. The first-order valence-electron chi connectivity index (χ1n) is 18.1. The molecule has 3 unspecified atom stereocenters. The molecule has 4 amide bonds. The van der Waals surface area contributed by atoms with Gasteiger partial charge in [0.1, 0.15) is 17.8 Å². The Morgan fingerprint density at radius 3 is 2.16 bits per heavy atom. The third-order valence-electron chi connectivity index (χ3n) is 9.40. The second-order valence-electron chi connectivity index (χ2n) is 14.7. The molecular formula is C39H56N4O6. The average Bonchev–Trinajstić information content (AvgIpc) is 3.52. The molecule has 0 bridgehead atoms. The molecule has 2 aliphatic rings. The van der Waals surface area contributed by atoms with Crippen molar-refractivity contribution in [2.24, 2.45) is 17.8 Å². The Kier molecular flexibility index (Phi) is 14.5. The van der Waals surface area contributed by atoms with E-state index >= 15 is 0 Å². The molecule has 10 nitrogen and oxygen atoms in total. The predicted molar refractivity (Wildman–Crippen MR) is 190 cm³/mol. The van der Waals surface area contributed by atoms with Crippen molar-refractivity contribution in [2.75, 3.05) is 6.54 Å². The molecule has 0 spiro atoms. The Hall–Kier alpha value is -3.92. The van der Waals surface area contributed by atoms with Gasteiger partial charge < -0.3 is 31.1 Å². The van der Waals surface area contributed by atoms with E-state index < -0.39 is 48.1 Å². The topological polar surface area (TPSA) is 146 Å². The van der Waals surface area contributed by atoms with E-state index in [0.717, 1.165) is 36.8 Å². The van der Waals surface area contributed by atoms with E-state index in [0.29, 0.717) is 37.5 Å². The number of ether oxygens (including phenoxy) is 1. The second-order valence-corrected chi connectivity index (χ2v) is 14.7. The summed E-state index contributed by atoms with van der Waals surface area (Å²) in [6, 6.07) is 14.4. The summed E-state index contributed by atoms with van der Waals surface area (Å²) < 4.78 is 5.89. The number of aliphatic hydroxyl groups is 1. The highest BCUT2D eigenvalue weighted by molar-refractivity contribution is 5.93. The largest absolute Gasteiger partial charge is 0.480 e. The van der Waals surface area contributed by atoms with Crippen molar-refractivity contribution in [3.8, 4) is 5.75 Å². The molecule has 4 rings (SSSR count). The van der Waals surface area contributed by atoms with Crippen LogP contribution in [0.4, 0.5) is 0 Å². The molecule has 5 atom stereocenters. The summed E-state index contributed by atoms with van der Waals surface area (Å²) >= 11 is 0. The van der Waals surface area contributed by atoms with E-state index in [1.807, 2.05) is 82.3 Å². The van der Waals surface area contributed by atoms with Crippen LogP contribution in [0, 0.1) is 17.8 Å². The summed E-state index contributed by atoms with van der Waals surface area (Å²) in [5, 5.41) is 23.0. The van der Waals surface area contributed by atoms with Gasteiger partial charge >= 0.3 is 0 Å². The minimum Gasteiger partial charge on any atom is -0.480 e. The first-order valence-corrected chi connectivity index (χ1v) is 18.1. The predicted octanol–water partition coefficient (Wildman–Crippen LogP) is 4.23. The molecule has 0 aromatic heterocycles. The zero-order chi connectivity index (χ0) is 35.3. The molecule has 0 radical (unpaired) electrons. The number of hydrogen-bond acceptors (Lipinski definition) is 6. The number of nitrogens with one attached hydrogen (secondary N) is 4. The summed E-state index contributed by atoms with van der Waals surface area (Å²) in [7, 11) is 0. The van der Waals surface area contributed by atoms with Crippen LogP contribution in [0.2, 0.25) is 0 Å². The highest BCUT2D eigenvalue weighted by atomic mass is 16.5. The van der Waals surface area contributed by atoms with Crippen molar-refractivity contribution < 1.29 is 29.0 Å². The molecule has 268 valence electrons. The zero-order valence-electron chi connectivity index (χ0n) is 29.6. The van der Waals surface area contributed by atoms with Gasteiger partial charge in [0.15, 0.2) is 6.10 Å². The standard InChI is InChI=1S/C39H56N4O6/c1-25(2)19-31(37(46)41-30(20-27-13-7-5-8-14-27)33(44)23-36(45)40-24-26(3)4)42-38(47)32(21-28-15-9-6-10-16-28)43-39(48)35-22-29-17-11-12-18-34(29)49-35/h6,9-12,15-18,25-27,30-33,35,44H,5,7-8,13-14,19-24H2,1-4H3,(H,40,45)(H,41,46)(H,42,47)(H,43,48)/t30?,31-,32-,33?,35?/m0/s1. The lowest BCUT2D eigenvalue weighted by Crippen LogP contribution is -2.58. The lowest BCUT2D eigenvalue weighted by molar-refractivity contribution is -0.134. The SMILES string of the molecule is CC(C)CNC(=O)CC(O)C(CC1CCCCC1)NC(=O)[C@H](CC(C)C)NC(=O)[C@H](Cc1ccccc1)NC(=O)C1Cc2ccccc2O1. The first-order chi connectivity index (χ1) is 23.5. The summed E-state index contributed by atoms with van der Waals surface area (Å²) in [4.78, 5) is 54.0. The molecule has 1 fully saturated rings. The quantitative estimate of drug-likeness (QED) is 0.170. The van der Waals surface area contributed by atoms with Gasteiger partial charge in [0.05, 0.1) is 18.6 Å². The van der Waals surface area contributed by atoms with Crippen molar-refractivity contribution >= 4 is 23.6 Å².